The van der Waals surface area contributed by atoms with Crippen LogP contribution in [0.3, 0.4) is 0 Å². The minimum absolute atomic E-state index is 0.383. The smallest absolute Gasteiger partial charge is 0.0962 e. The molecule has 0 amide bonds. The van der Waals surface area contributed by atoms with Crippen molar-refractivity contribution in [2.75, 3.05) is 27.2 Å². The average Bonchev–Trinajstić information content (AvgIpc) is 2.02. The molecule has 13 heavy (non-hydrogen) atoms. The van der Waals surface area contributed by atoms with Crippen molar-refractivity contribution in [3.63, 3.8) is 0 Å². The van der Waals surface area contributed by atoms with Crippen LogP contribution in [-0.2, 0) is 0 Å². The van der Waals surface area contributed by atoms with Gasteiger partial charge in [0.05, 0.1) is 5.84 Å². The largest absolute Gasteiger partial charge is 0.387 e. The van der Waals surface area contributed by atoms with E-state index in [2.05, 4.69) is 37.8 Å². The van der Waals surface area contributed by atoms with Crippen LogP contribution in [0.15, 0.2) is 4.99 Å². The van der Waals surface area contributed by atoms with Crippen molar-refractivity contribution in [3.05, 3.63) is 0 Å². The molecule has 0 saturated carbocycles. The van der Waals surface area contributed by atoms with Crippen molar-refractivity contribution in [1.82, 2.24) is 4.90 Å². The quantitative estimate of drug-likeness (QED) is 0.385. The Morgan fingerprint density at radius 3 is 2.38 bits per heavy atom. The van der Waals surface area contributed by atoms with E-state index in [-0.39, 0.29) is 0 Å². The number of unbranched alkanes of at least 4 members (excludes halogenated alkanes) is 1. The Bertz CT molecular complexity index is 150. The predicted molar refractivity (Wildman–Crippen MR) is 59.1 cm³/mol. The van der Waals surface area contributed by atoms with E-state index >= 15 is 0 Å². The molecular weight excluding hydrogens is 162 g/mol. The first-order chi connectivity index (χ1) is 6.04. The molecule has 0 aromatic heterocycles. The van der Waals surface area contributed by atoms with Crippen LogP contribution in [0.25, 0.3) is 0 Å². The number of hydrogen-bond acceptors (Lipinski definition) is 2. The molecule has 0 aliphatic rings. The zero-order valence-electron chi connectivity index (χ0n) is 9.38. The second kappa shape index (κ2) is 6.89. The molecule has 0 aromatic carbocycles. The van der Waals surface area contributed by atoms with Crippen molar-refractivity contribution in [1.29, 1.82) is 0 Å². The summed E-state index contributed by atoms with van der Waals surface area (Å²) in [6, 6.07) is 0. The molecule has 3 nitrogen and oxygen atoms in total. The summed E-state index contributed by atoms with van der Waals surface area (Å²) in [6.07, 6.45) is 2.33. The summed E-state index contributed by atoms with van der Waals surface area (Å²) in [7, 11) is 4.18. The van der Waals surface area contributed by atoms with Crippen molar-refractivity contribution in [2.45, 2.75) is 26.7 Å². The highest BCUT2D eigenvalue weighted by Crippen LogP contribution is 1.95. The third kappa shape index (κ3) is 7.78. The van der Waals surface area contributed by atoms with Crippen molar-refractivity contribution >= 4 is 5.84 Å². The first-order valence-electron chi connectivity index (χ1n) is 4.98. The normalized spacial score (nSPS) is 12.9. The highest BCUT2D eigenvalue weighted by Gasteiger charge is 1.97. The van der Waals surface area contributed by atoms with Gasteiger partial charge in [0.2, 0.25) is 0 Å². The van der Waals surface area contributed by atoms with Gasteiger partial charge in [0.1, 0.15) is 0 Å². The summed E-state index contributed by atoms with van der Waals surface area (Å²) < 4.78 is 0. The molecule has 0 aromatic rings. The van der Waals surface area contributed by atoms with Crippen LogP contribution < -0.4 is 5.73 Å². The first kappa shape index (κ1) is 12.4. The molecule has 0 unspecified atom stereocenters. The van der Waals surface area contributed by atoms with E-state index in [1.54, 1.807) is 0 Å². The van der Waals surface area contributed by atoms with Crippen LogP contribution in [0.1, 0.15) is 26.7 Å². The Labute approximate surface area is 82.0 Å². The van der Waals surface area contributed by atoms with Gasteiger partial charge in [0, 0.05) is 12.5 Å². The van der Waals surface area contributed by atoms with E-state index in [1.165, 1.54) is 6.42 Å². The molecule has 0 radical (unpaired) electrons. The fraction of sp³-hybridized carbons (Fsp3) is 0.900. The lowest BCUT2D eigenvalue weighted by Crippen LogP contribution is -2.19. The molecule has 0 fully saturated rings. The van der Waals surface area contributed by atoms with Gasteiger partial charge >= 0.3 is 0 Å². The Kier molecular flexibility index (Phi) is 6.59. The summed E-state index contributed by atoms with van der Waals surface area (Å²) in [5, 5.41) is 0. The fourth-order valence-corrected chi connectivity index (χ4v) is 0.931. The van der Waals surface area contributed by atoms with E-state index in [1.807, 2.05) is 0 Å². The molecule has 0 rings (SSSR count). The van der Waals surface area contributed by atoms with Gasteiger partial charge in [-0.25, -0.2) is 0 Å². The third-order valence-corrected chi connectivity index (χ3v) is 1.90. The molecule has 0 saturated heterocycles. The van der Waals surface area contributed by atoms with Gasteiger partial charge in [-0.2, -0.15) is 0 Å². The standard InChI is InChI=1S/C10H23N3/c1-9(2)10(11)12-7-5-6-8-13(3)4/h9H,5-8H2,1-4H3,(H2,11,12). The fourth-order valence-electron chi connectivity index (χ4n) is 0.931. The van der Waals surface area contributed by atoms with Gasteiger partial charge in [0.15, 0.2) is 0 Å². The van der Waals surface area contributed by atoms with Gasteiger partial charge in [0.25, 0.3) is 0 Å². The van der Waals surface area contributed by atoms with Gasteiger partial charge in [-0.15, -0.1) is 0 Å². The summed E-state index contributed by atoms with van der Waals surface area (Å²) in [4.78, 5) is 6.49. The highest BCUT2D eigenvalue weighted by molar-refractivity contribution is 5.82. The predicted octanol–water partition coefficient (Wildman–Crippen LogP) is 1.34. The molecular formula is C10H23N3. The summed E-state index contributed by atoms with van der Waals surface area (Å²) >= 11 is 0. The summed E-state index contributed by atoms with van der Waals surface area (Å²) in [5.41, 5.74) is 5.70. The second-order valence-electron chi connectivity index (χ2n) is 3.97. The number of aliphatic imine (C=N–C) groups is 1. The van der Waals surface area contributed by atoms with Crippen LogP contribution in [0.5, 0.6) is 0 Å². The molecule has 0 aliphatic carbocycles. The van der Waals surface area contributed by atoms with Crippen LogP contribution >= 0.6 is 0 Å². The third-order valence-electron chi connectivity index (χ3n) is 1.90. The maximum atomic E-state index is 5.70. The van der Waals surface area contributed by atoms with Crippen molar-refractivity contribution < 1.29 is 0 Å². The van der Waals surface area contributed by atoms with Crippen LogP contribution in [0, 0.1) is 5.92 Å². The van der Waals surface area contributed by atoms with Gasteiger partial charge in [-0.1, -0.05) is 13.8 Å². The zero-order valence-corrected chi connectivity index (χ0v) is 9.38. The molecule has 0 atom stereocenters. The minimum atomic E-state index is 0.383. The number of amidine groups is 1. The van der Waals surface area contributed by atoms with Crippen LogP contribution in [0.2, 0.25) is 0 Å². The topological polar surface area (TPSA) is 41.6 Å². The Morgan fingerprint density at radius 2 is 1.92 bits per heavy atom. The molecule has 0 aliphatic heterocycles. The zero-order chi connectivity index (χ0) is 10.3. The lowest BCUT2D eigenvalue weighted by molar-refractivity contribution is 0.396. The Morgan fingerprint density at radius 1 is 1.31 bits per heavy atom. The molecule has 0 bridgehead atoms. The van der Waals surface area contributed by atoms with Gasteiger partial charge in [-0.3, -0.25) is 4.99 Å². The highest BCUT2D eigenvalue weighted by atomic mass is 15.0. The second-order valence-corrected chi connectivity index (χ2v) is 3.97. The minimum Gasteiger partial charge on any atom is -0.387 e. The Hall–Kier alpha value is -0.570. The number of nitrogens with two attached hydrogens (primary N) is 1. The molecule has 0 heterocycles. The number of hydrogen-bond donors (Lipinski definition) is 1. The first-order valence-corrected chi connectivity index (χ1v) is 4.98. The van der Waals surface area contributed by atoms with E-state index in [9.17, 15) is 0 Å². The average molecular weight is 185 g/mol. The molecule has 0 spiro atoms. The number of rotatable bonds is 6. The van der Waals surface area contributed by atoms with Crippen molar-refractivity contribution in [2.24, 2.45) is 16.6 Å². The van der Waals surface area contributed by atoms with Gasteiger partial charge < -0.3 is 10.6 Å². The summed E-state index contributed by atoms with van der Waals surface area (Å²) in [5.74, 6) is 1.17. The summed E-state index contributed by atoms with van der Waals surface area (Å²) in [6.45, 7) is 6.15. The van der Waals surface area contributed by atoms with E-state index in [0.29, 0.717) is 5.92 Å². The molecule has 78 valence electrons. The van der Waals surface area contributed by atoms with E-state index in [4.69, 9.17) is 5.73 Å². The number of nitrogens with zero attached hydrogens (tertiary/aromatic N) is 2. The molecule has 3 heteroatoms. The van der Waals surface area contributed by atoms with Gasteiger partial charge in [-0.05, 0) is 33.5 Å². The monoisotopic (exact) mass is 185 g/mol. The van der Waals surface area contributed by atoms with Crippen molar-refractivity contribution in [3.8, 4) is 0 Å². The van der Waals surface area contributed by atoms with E-state index in [0.717, 1.165) is 25.3 Å². The lowest BCUT2D eigenvalue weighted by Gasteiger charge is -2.08. The van der Waals surface area contributed by atoms with Crippen LogP contribution in [-0.4, -0.2) is 37.9 Å². The molecule has 2 N–H and O–H groups in total. The maximum Gasteiger partial charge on any atom is 0.0962 e. The maximum absolute atomic E-state index is 5.70. The Balaban J connectivity index is 3.39. The SMILES string of the molecule is CC(C)C(N)=NCCCCN(C)C. The van der Waals surface area contributed by atoms with Crippen LogP contribution in [0.4, 0.5) is 0 Å². The van der Waals surface area contributed by atoms with E-state index < -0.39 is 0 Å². The lowest BCUT2D eigenvalue weighted by atomic mass is 10.2.